The van der Waals surface area contributed by atoms with Crippen molar-refractivity contribution in [2.75, 3.05) is 29.0 Å². The summed E-state index contributed by atoms with van der Waals surface area (Å²) in [4.78, 5) is 6.48. The zero-order valence-corrected chi connectivity index (χ0v) is 16.8. The van der Waals surface area contributed by atoms with Gasteiger partial charge in [0, 0.05) is 19.2 Å². The SMILES string of the molecule is CCS(=O)(=O)Nc1cc(-c2nnc(C(C)N)o2)cc(N(C)CC2CC2C)n1. The highest BCUT2D eigenvalue weighted by atomic mass is 32.2. The zero-order chi connectivity index (χ0) is 19.8. The minimum Gasteiger partial charge on any atom is -0.419 e. The Bertz CT molecular complexity index is 911. The number of nitrogens with zero attached hydrogens (tertiary/aromatic N) is 4. The molecule has 9 nitrogen and oxygen atoms in total. The number of sulfonamides is 1. The summed E-state index contributed by atoms with van der Waals surface area (Å²) < 4.78 is 32.1. The van der Waals surface area contributed by atoms with E-state index in [4.69, 9.17) is 10.2 Å². The molecule has 3 rings (SSSR count). The Kier molecular flexibility index (Phi) is 5.38. The van der Waals surface area contributed by atoms with Crippen LogP contribution in [0.3, 0.4) is 0 Å². The summed E-state index contributed by atoms with van der Waals surface area (Å²) in [6.07, 6.45) is 1.20. The van der Waals surface area contributed by atoms with Crippen LogP contribution in [0.1, 0.15) is 39.1 Å². The van der Waals surface area contributed by atoms with Crippen LogP contribution in [-0.4, -0.2) is 42.9 Å². The molecule has 0 amide bonds. The van der Waals surface area contributed by atoms with Crippen molar-refractivity contribution in [3.63, 3.8) is 0 Å². The highest BCUT2D eigenvalue weighted by molar-refractivity contribution is 7.92. The van der Waals surface area contributed by atoms with Crippen molar-refractivity contribution >= 4 is 21.7 Å². The van der Waals surface area contributed by atoms with Gasteiger partial charge in [0.2, 0.25) is 21.8 Å². The van der Waals surface area contributed by atoms with Crippen LogP contribution in [0.4, 0.5) is 11.6 Å². The normalized spacial score (nSPS) is 20.3. The number of nitrogens with one attached hydrogen (secondary N) is 1. The zero-order valence-electron chi connectivity index (χ0n) is 16.0. The first kappa shape index (κ1) is 19.6. The van der Waals surface area contributed by atoms with Gasteiger partial charge in [0.1, 0.15) is 11.6 Å². The lowest BCUT2D eigenvalue weighted by Gasteiger charge is -2.20. The number of anilines is 2. The van der Waals surface area contributed by atoms with Gasteiger partial charge in [-0.2, -0.15) is 0 Å². The monoisotopic (exact) mass is 394 g/mol. The molecule has 3 unspecified atom stereocenters. The standard InChI is InChI=1S/C17H26N6O3S/c1-5-27(24,25)22-14-7-12(17-21-20-16(26-17)11(3)18)8-15(19-14)23(4)9-13-6-10(13)2/h7-8,10-11,13H,5-6,9,18H2,1-4H3,(H,19,22). The Morgan fingerprint density at radius 3 is 2.67 bits per heavy atom. The first-order valence-corrected chi connectivity index (χ1v) is 10.7. The quantitative estimate of drug-likeness (QED) is 0.696. The molecule has 10 heteroatoms. The number of pyridine rings is 1. The number of hydrogen-bond donors (Lipinski definition) is 2. The molecule has 1 aliphatic rings. The largest absolute Gasteiger partial charge is 0.419 e. The average molecular weight is 395 g/mol. The van der Waals surface area contributed by atoms with Crippen molar-refractivity contribution in [3.05, 3.63) is 18.0 Å². The van der Waals surface area contributed by atoms with Gasteiger partial charge in [-0.3, -0.25) is 4.72 Å². The Hall–Kier alpha value is -2.20. The van der Waals surface area contributed by atoms with Gasteiger partial charge in [0.25, 0.3) is 0 Å². The molecular formula is C17H26N6O3S. The lowest BCUT2D eigenvalue weighted by Crippen LogP contribution is -2.23. The Labute approximate surface area is 159 Å². The van der Waals surface area contributed by atoms with Crippen LogP contribution in [0.15, 0.2) is 16.5 Å². The predicted molar refractivity (Wildman–Crippen MR) is 104 cm³/mol. The summed E-state index contributed by atoms with van der Waals surface area (Å²) >= 11 is 0. The molecule has 148 valence electrons. The van der Waals surface area contributed by atoms with Gasteiger partial charge in [0.15, 0.2) is 0 Å². The molecule has 1 fully saturated rings. The van der Waals surface area contributed by atoms with E-state index in [-0.39, 0.29) is 23.5 Å². The number of aromatic nitrogens is 3. The number of hydrogen-bond acceptors (Lipinski definition) is 8. The lowest BCUT2D eigenvalue weighted by molar-refractivity contribution is 0.473. The molecule has 0 saturated heterocycles. The van der Waals surface area contributed by atoms with Crippen molar-refractivity contribution < 1.29 is 12.8 Å². The lowest BCUT2D eigenvalue weighted by atomic mass is 10.2. The molecule has 3 N–H and O–H groups in total. The van der Waals surface area contributed by atoms with Crippen LogP contribution < -0.4 is 15.4 Å². The van der Waals surface area contributed by atoms with Gasteiger partial charge in [-0.25, -0.2) is 13.4 Å². The third-order valence-corrected chi connectivity index (χ3v) is 5.98. The molecule has 2 aromatic rings. The Morgan fingerprint density at radius 2 is 2.11 bits per heavy atom. The molecule has 0 aliphatic heterocycles. The minimum absolute atomic E-state index is 0.0426. The van der Waals surface area contributed by atoms with E-state index in [1.807, 2.05) is 18.0 Å². The fourth-order valence-electron chi connectivity index (χ4n) is 2.75. The maximum atomic E-state index is 12.0. The van der Waals surface area contributed by atoms with E-state index in [0.29, 0.717) is 29.1 Å². The van der Waals surface area contributed by atoms with Gasteiger partial charge in [-0.05, 0) is 44.2 Å². The van der Waals surface area contributed by atoms with E-state index in [1.165, 1.54) is 6.42 Å². The molecular weight excluding hydrogens is 368 g/mol. The second-order valence-corrected chi connectivity index (χ2v) is 9.20. The Balaban J connectivity index is 1.96. The van der Waals surface area contributed by atoms with E-state index >= 15 is 0 Å². The van der Waals surface area contributed by atoms with Gasteiger partial charge in [0.05, 0.1) is 11.8 Å². The molecule has 2 heterocycles. The van der Waals surface area contributed by atoms with Crippen molar-refractivity contribution in [2.45, 2.75) is 33.2 Å². The summed E-state index contributed by atoms with van der Waals surface area (Å²) in [7, 11) is -1.52. The first-order valence-electron chi connectivity index (χ1n) is 9.01. The van der Waals surface area contributed by atoms with E-state index in [0.717, 1.165) is 6.54 Å². The van der Waals surface area contributed by atoms with Crippen LogP contribution in [0, 0.1) is 11.8 Å². The molecule has 0 aromatic carbocycles. The van der Waals surface area contributed by atoms with E-state index in [9.17, 15) is 8.42 Å². The van der Waals surface area contributed by atoms with Crippen LogP contribution in [0.2, 0.25) is 0 Å². The molecule has 3 atom stereocenters. The molecule has 1 saturated carbocycles. The van der Waals surface area contributed by atoms with Gasteiger partial charge in [-0.15, -0.1) is 10.2 Å². The van der Waals surface area contributed by atoms with E-state index < -0.39 is 10.0 Å². The van der Waals surface area contributed by atoms with Crippen molar-refractivity contribution in [1.82, 2.24) is 15.2 Å². The average Bonchev–Trinajstić information content (AvgIpc) is 3.10. The van der Waals surface area contributed by atoms with Gasteiger partial charge >= 0.3 is 0 Å². The molecule has 1 aliphatic carbocycles. The van der Waals surface area contributed by atoms with Crippen LogP contribution in [-0.2, 0) is 10.0 Å². The third-order valence-electron chi connectivity index (χ3n) is 4.70. The van der Waals surface area contributed by atoms with Gasteiger partial charge < -0.3 is 15.1 Å². The maximum absolute atomic E-state index is 12.0. The molecule has 0 bridgehead atoms. The number of nitrogens with two attached hydrogens (primary N) is 1. The maximum Gasteiger partial charge on any atom is 0.248 e. The fourth-order valence-corrected chi connectivity index (χ4v) is 3.32. The topological polar surface area (TPSA) is 127 Å². The summed E-state index contributed by atoms with van der Waals surface area (Å²) in [5.41, 5.74) is 6.37. The Morgan fingerprint density at radius 1 is 1.41 bits per heavy atom. The minimum atomic E-state index is -3.46. The van der Waals surface area contributed by atoms with Crippen LogP contribution >= 0.6 is 0 Å². The number of rotatable bonds is 8. The molecule has 2 aromatic heterocycles. The third kappa shape index (κ3) is 4.75. The smallest absolute Gasteiger partial charge is 0.248 e. The summed E-state index contributed by atoms with van der Waals surface area (Å²) in [6.45, 7) is 6.39. The summed E-state index contributed by atoms with van der Waals surface area (Å²) in [6, 6.07) is 3.02. The van der Waals surface area contributed by atoms with E-state index in [2.05, 4.69) is 26.8 Å². The molecule has 0 radical (unpaired) electrons. The summed E-state index contributed by atoms with van der Waals surface area (Å²) in [5.74, 6) is 2.75. The highest BCUT2D eigenvalue weighted by Gasteiger charge is 2.33. The molecule has 27 heavy (non-hydrogen) atoms. The van der Waals surface area contributed by atoms with Crippen LogP contribution in [0.5, 0.6) is 0 Å². The second-order valence-electron chi connectivity index (χ2n) is 7.19. The van der Waals surface area contributed by atoms with Crippen molar-refractivity contribution in [2.24, 2.45) is 17.6 Å². The van der Waals surface area contributed by atoms with Crippen molar-refractivity contribution in [1.29, 1.82) is 0 Å². The van der Waals surface area contributed by atoms with Crippen LogP contribution in [0.25, 0.3) is 11.5 Å². The fraction of sp³-hybridized carbons (Fsp3) is 0.588. The molecule has 0 spiro atoms. The first-order chi connectivity index (χ1) is 12.7. The highest BCUT2D eigenvalue weighted by Crippen LogP contribution is 2.39. The van der Waals surface area contributed by atoms with E-state index in [1.54, 1.807) is 19.9 Å². The second kappa shape index (κ2) is 7.43. The predicted octanol–water partition coefficient (Wildman–Crippen LogP) is 2.01. The van der Waals surface area contributed by atoms with Gasteiger partial charge in [-0.1, -0.05) is 6.92 Å². The summed E-state index contributed by atoms with van der Waals surface area (Å²) in [5, 5.41) is 7.97. The van der Waals surface area contributed by atoms with Crippen molar-refractivity contribution in [3.8, 4) is 11.5 Å².